The van der Waals surface area contributed by atoms with Crippen LogP contribution >= 0.6 is 0 Å². The minimum absolute atomic E-state index is 0.0372. The molecule has 23 heavy (non-hydrogen) atoms. The smallest absolute Gasteiger partial charge is 0.255 e. The van der Waals surface area contributed by atoms with Crippen molar-refractivity contribution in [2.24, 2.45) is 0 Å². The van der Waals surface area contributed by atoms with Crippen molar-refractivity contribution < 1.29 is 14.7 Å². The van der Waals surface area contributed by atoms with Crippen LogP contribution in [0.5, 0.6) is 0 Å². The summed E-state index contributed by atoms with van der Waals surface area (Å²) in [5, 5.41) is 14.7. The molecule has 2 aromatic carbocycles. The van der Waals surface area contributed by atoms with Crippen molar-refractivity contribution >= 4 is 23.2 Å². The number of aryl methyl sites for hydroxylation is 1. The van der Waals surface area contributed by atoms with Crippen molar-refractivity contribution in [1.29, 1.82) is 0 Å². The molecule has 3 N–H and O–H groups in total. The number of aliphatic hydroxyl groups is 1. The second-order valence-corrected chi connectivity index (χ2v) is 5.45. The maximum absolute atomic E-state index is 12.2. The average molecular weight is 312 g/mol. The number of benzene rings is 2. The highest BCUT2D eigenvalue weighted by atomic mass is 16.3. The summed E-state index contributed by atoms with van der Waals surface area (Å²) in [6, 6.07) is 14.2. The van der Waals surface area contributed by atoms with Crippen LogP contribution < -0.4 is 10.6 Å². The zero-order valence-corrected chi connectivity index (χ0v) is 13.2. The Morgan fingerprint density at radius 2 is 1.70 bits per heavy atom. The summed E-state index contributed by atoms with van der Waals surface area (Å²) >= 11 is 0. The lowest BCUT2D eigenvalue weighted by atomic mass is 10.1. The Bertz CT molecular complexity index is 694. The molecule has 2 rings (SSSR count). The molecule has 5 heteroatoms. The predicted molar refractivity (Wildman–Crippen MR) is 90.5 cm³/mol. The summed E-state index contributed by atoms with van der Waals surface area (Å²) in [4.78, 5) is 23.8. The molecule has 1 atom stereocenters. The molecule has 0 aliphatic heterocycles. The topological polar surface area (TPSA) is 78.4 Å². The van der Waals surface area contributed by atoms with Gasteiger partial charge in [-0.25, -0.2) is 0 Å². The van der Waals surface area contributed by atoms with E-state index in [1.165, 1.54) is 0 Å². The van der Waals surface area contributed by atoms with E-state index in [4.69, 9.17) is 5.11 Å². The number of carbonyl (C=O) groups excluding carboxylic acids is 2. The molecule has 0 aromatic heterocycles. The highest BCUT2D eigenvalue weighted by Gasteiger charge is 2.09. The van der Waals surface area contributed by atoms with Gasteiger partial charge >= 0.3 is 0 Å². The van der Waals surface area contributed by atoms with Gasteiger partial charge in [-0.3, -0.25) is 9.59 Å². The zero-order valence-electron chi connectivity index (χ0n) is 13.2. The van der Waals surface area contributed by atoms with E-state index >= 15 is 0 Å². The van der Waals surface area contributed by atoms with Gasteiger partial charge in [0.25, 0.3) is 5.91 Å². The summed E-state index contributed by atoms with van der Waals surface area (Å²) in [7, 11) is 0. The molecule has 120 valence electrons. The molecule has 0 saturated heterocycles. The Morgan fingerprint density at radius 3 is 2.30 bits per heavy atom. The van der Waals surface area contributed by atoms with Crippen LogP contribution in [0.4, 0.5) is 11.4 Å². The maximum atomic E-state index is 12.2. The van der Waals surface area contributed by atoms with E-state index in [9.17, 15) is 9.59 Å². The van der Waals surface area contributed by atoms with Gasteiger partial charge in [-0.1, -0.05) is 18.2 Å². The van der Waals surface area contributed by atoms with Crippen LogP contribution in [0, 0.1) is 6.92 Å². The van der Waals surface area contributed by atoms with Crippen LogP contribution in [-0.4, -0.2) is 23.0 Å². The third kappa shape index (κ3) is 4.93. The lowest BCUT2D eigenvalue weighted by Gasteiger charge is -2.09. The molecular weight excluding hydrogens is 292 g/mol. The van der Waals surface area contributed by atoms with E-state index in [-0.39, 0.29) is 18.2 Å². The molecule has 2 amide bonds. The van der Waals surface area contributed by atoms with Crippen LogP contribution in [0.2, 0.25) is 0 Å². The van der Waals surface area contributed by atoms with E-state index in [0.717, 1.165) is 11.3 Å². The van der Waals surface area contributed by atoms with Gasteiger partial charge in [0, 0.05) is 16.9 Å². The summed E-state index contributed by atoms with van der Waals surface area (Å²) < 4.78 is 0. The fourth-order valence-corrected chi connectivity index (χ4v) is 2.09. The first-order valence-corrected chi connectivity index (χ1v) is 7.40. The third-order valence-electron chi connectivity index (χ3n) is 3.30. The average Bonchev–Trinajstić information content (AvgIpc) is 2.49. The van der Waals surface area contributed by atoms with Crippen LogP contribution in [0.15, 0.2) is 48.5 Å². The quantitative estimate of drug-likeness (QED) is 0.794. The van der Waals surface area contributed by atoms with Gasteiger partial charge in [0.05, 0.1) is 12.5 Å². The normalized spacial score (nSPS) is 11.6. The number of para-hydroxylation sites is 1. The first-order valence-electron chi connectivity index (χ1n) is 7.40. The van der Waals surface area contributed by atoms with Crippen molar-refractivity contribution in [3.05, 3.63) is 59.7 Å². The Hall–Kier alpha value is -2.66. The largest absolute Gasteiger partial charge is 0.393 e. The van der Waals surface area contributed by atoms with Gasteiger partial charge in [-0.2, -0.15) is 0 Å². The van der Waals surface area contributed by atoms with Gasteiger partial charge < -0.3 is 15.7 Å². The Balaban J connectivity index is 2.00. The highest BCUT2D eigenvalue weighted by Crippen LogP contribution is 2.16. The summed E-state index contributed by atoms with van der Waals surface area (Å²) in [6.07, 6.45) is -0.649. The van der Waals surface area contributed by atoms with Crippen molar-refractivity contribution in [1.82, 2.24) is 0 Å². The Labute approximate surface area is 135 Å². The minimum atomic E-state index is -0.686. The number of rotatable bonds is 5. The van der Waals surface area contributed by atoms with Crippen molar-refractivity contribution in [2.75, 3.05) is 10.6 Å². The maximum Gasteiger partial charge on any atom is 0.255 e. The van der Waals surface area contributed by atoms with Crippen LogP contribution in [0.1, 0.15) is 29.3 Å². The number of nitrogens with one attached hydrogen (secondary N) is 2. The van der Waals surface area contributed by atoms with Gasteiger partial charge in [-0.05, 0) is 49.7 Å². The molecule has 0 fully saturated rings. The van der Waals surface area contributed by atoms with Crippen LogP contribution in [0.3, 0.4) is 0 Å². The molecule has 0 radical (unpaired) electrons. The predicted octanol–water partition coefficient (Wildman–Crippen LogP) is 2.96. The van der Waals surface area contributed by atoms with E-state index in [1.807, 2.05) is 31.2 Å². The number of anilines is 2. The van der Waals surface area contributed by atoms with Gasteiger partial charge in [0.2, 0.25) is 5.91 Å². The van der Waals surface area contributed by atoms with Crippen molar-refractivity contribution in [3.8, 4) is 0 Å². The monoisotopic (exact) mass is 312 g/mol. The molecule has 2 aromatic rings. The third-order valence-corrected chi connectivity index (χ3v) is 3.30. The second-order valence-electron chi connectivity index (χ2n) is 5.45. The summed E-state index contributed by atoms with van der Waals surface area (Å²) in [5.41, 5.74) is 2.85. The number of aliphatic hydroxyl groups excluding tert-OH is 1. The van der Waals surface area contributed by atoms with Crippen molar-refractivity contribution in [2.45, 2.75) is 26.4 Å². The number of amides is 2. The molecule has 0 saturated carbocycles. The molecular formula is C18H20N2O3. The van der Waals surface area contributed by atoms with E-state index in [2.05, 4.69) is 10.6 Å². The standard InChI is InChI=1S/C18H20N2O3/c1-12-5-3-4-6-16(12)20-18(23)14-7-9-15(10-8-14)19-17(22)11-13(2)21/h3-10,13,21H,11H2,1-2H3,(H,19,22)(H,20,23). The molecule has 0 bridgehead atoms. The molecule has 0 heterocycles. The van der Waals surface area contributed by atoms with Crippen molar-refractivity contribution in [3.63, 3.8) is 0 Å². The van der Waals surface area contributed by atoms with Crippen LogP contribution in [0.25, 0.3) is 0 Å². The first kappa shape index (κ1) is 16.7. The van der Waals surface area contributed by atoms with Gasteiger partial charge in [0.15, 0.2) is 0 Å². The zero-order chi connectivity index (χ0) is 16.8. The molecule has 5 nitrogen and oxygen atoms in total. The van der Waals surface area contributed by atoms with Crippen LogP contribution in [-0.2, 0) is 4.79 Å². The lowest BCUT2D eigenvalue weighted by Crippen LogP contribution is -2.17. The fraction of sp³-hybridized carbons (Fsp3) is 0.222. The van der Waals surface area contributed by atoms with Gasteiger partial charge in [-0.15, -0.1) is 0 Å². The summed E-state index contributed by atoms with van der Waals surface area (Å²) in [5.74, 6) is -0.474. The van der Waals surface area contributed by atoms with Gasteiger partial charge in [0.1, 0.15) is 0 Å². The molecule has 0 spiro atoms. The molecule has 1 unspecified atom stereocenters. The summed E-state index contributed by atoms with van der Waals surface area (Å²) in [6.45, 7) is 3.48. The van der Waals surface area contributed by atoms with E-state index in [0.29, 0.717) is 11.3 Å². The number of carbonyl (C=O) groups is 2. The number of hydrogen-bond donors (Lipinski definition) is 3. The first-order chi connectivity index (χ1) is 11.0. The Kier molecular flexibility index (Phi) is 5.49. The minimum Gasteiger partial charge on any atom is -0.393 e. The van der Waals surface area contributed by atoms with E-state index < -0.39 is 6.10 Å². The highest BCUT2D eigenvalue weighted by molar-refractivity contribution is 6.05. The Morgan fingerprint density at radius 1 is 1.04 bits per heavy atom. The molecule has 0 aliphatic rings. The molecule has 0 aliphatic carbocycles. The lowest BCUT2D eigenvalue weighted by molar-refractivity contribution is -0.117. The second kappa shape index (κ2) is 7.56. The number of hydrogen-bond acceptors (Lipinski definition) is 3. The van der Waals surface area contributed by atoms with E-state index in [1.54, 1.807) is 31.2 Å². The SMILES string of the molecule is Cc1ccccc1NC(=O)c1ccc(NC(=O)CC(C)O)cc1. The fourth-order valence-electron chi connectivity index (χ4n) is 2.09.